The summed E-state index contributed by atoms with van der Waals surface area (Å²) >= 11 is 12.1. The summed E-state index contributed by atoms with van der Waals surface area (Å²) in [6, 6.07) is 18.0. The number of hydrogen-bond acceptors (Lipinski definition) is 4. The molecule has 1 aliphatic carbocycles. The van der Waals surface area contributed by atoms with Crippen molar-refractivity contribution in [2.45, 2.75) is 11.8 Å². The predicted molar refractivity (Wildman–Crippen MR) is 121 cm³/mol. The van der Waals surface area contributed by atoms with E-state index in [0.717, 1.165) is 17.0 Å². The van der Waals surface area contributed by atoms with Crippen LogP contribution in [-0.4, -0.2) is 18.2 Å². The molecule has 176 valence electrons. The highest BCUT2D eigenvalue weighted by molar-refractivity contribution is 6.36. The predicted octanol–water partition coefficient (Wildman–Crippen LogP) is 5.87. The molecule has 10 heteroatoms. The summed E-state index contributed by atoms with van der Waals surface area (Å²) in [7, 11) is 0. The lowest BCUT2D eigenvalue weighted by atomic mass is 9.82. The van der Waals surface area contributed by atoms with Crippen LogP contribution in [-0.2, 0) is 15.0 Å². The Morgan fingerprint density at radius 1 is 0.857 bits per heavy atom. The average Bonchev–Trinajstić information content (AvgIpc) is 3.41. The molecule has 1 aliphatic heterocycles. The number of ether oxygens (including phenoxy) is 1. The molecule has 2 amide bonds. The summed E-state index contributed by atoms with van der Waals surface area (Å²) in [6.45, 7) is 0. The molecular weight excluding hydrogens is 504 g/mol. The Hall–Kier alpha value is -3.54. The first-order valence-electron chi connectivity index (χ1n) is 10.3. The first-order chi connectivity index (χ1) is 16.6. The van der Waals surface area contributed by atoms with Crippen LogP contribution in [0.5, 0.6) is 5.75 Å². The van der Waals surface area contributed by atoms with E-state index in [9.17, 15) is 22.8 Å². The van der Waals surface area contributed by atoms with E-state index in [2.05, 4.69) is 4.74 Å². The number of benzene rings is 3. The van der Waals surface area contributed by atoms with Crippen molar-refractivity contribution in [3.8, 4) is 11.8 Å². The number of rotatable bonds is 4. The van der Waals surface area contributed by atoms with Crippen LogP contribution in [0, 0.1) is 23.2 Å². The third-order valence-corrected chi connectivity index (χ3v) is 6.78. The first-order valence-corrected chi connectivity index (χ1v) is 11.0. The number of halogens is 5. The molecule has 0 radical (unpaired) electrons. The molecule has 5 rings (SSSR count). The van der Waals surface area contributed by atoms with Crippen LogP contribution in [0.15, 0.2) is 66.7 Å². The maximum atomic E-state index is 13.5. The molecule has 3 atom stereocenters. The van der Waals surface area contributed by atoms with E-state index in [1.54, 1.807) is 24.3 Å². The fourth-order valence-electron chi connectivity index (χ4n) is 5.01. The van der Waals surface area contributed by atoms with E-state index in [4.69, 9.17) is 28.5 Å². The van der Waals surface area contributed by atoms with Crippen LogP contribution >= 0.6 is 23.2 Å². The molecule has 1 saturated heterocycles. The van der Waals surface area contributed by atoms with Gasteiger partial charge in [-0.15, -0.1) is 13.2 Å². The highest BCUT2D eigenvalue weighted by Gasteiger charge is 2.78. The van der Waals surface area contributed by atoms with Gasteiger partial charge in [0.05, 0.1) is 29.2 Å². The number of hydrogen-bond donors (Lipinski definition) is 0. The van der Waals surface area contributed by atoms with Crippen molar-refractivity contribution in [2.24, 2.45) is 11.8 Å². The van der Waals surface area contributed by atoms with Gasteiger partial charge >= 0.3 is 6.36 Å². The SMILES string of the molecule is N#Cc1ccc([C@]2(c3ccc(OC(F)(F)F)cc3)[C@@H]3C(=O)N(c4cc(Cl)cc(Cl)c4)C(=O)[C@@H]32)cc1. The van der Waals surface area contributed by atoms with Crippen molar-refractivity contribution >= 4 is 40.7 Å². The monoisotopic (exact) mass is 516 g/mol. The third kappa shape index (κ3) is 3.72. The molecule has 0 bridgehead atoms. The molecule has 2 aliphatic rings. The van der Waals surface area contributed by atoms with Crippen LogP contribution < -0.4 is 9.64 Å². The Labute approximate surface area is 207 Å². The van der Waals surface area contributed by atoms with Crippen molar-refractivity contribution in [3.05, 3.63) is 93.5 Å². The van der Waals surface area contributed by atoms with Gasteiger partial charge in [0.2, 0.25) is 11.8 Å². The van der Waals surface area contributed by atoms with Gasteiger partial charge in [0, 0.05) is 15.5 Å². The Kier molecular flexibility index (Phi) is 5.31. The fraction of sp³-hybridized carbons (Fsp3) is 0.160. The minimum atomic E-state index is -4.85. The maximum Gasteiger partial charge on any atom is 0.573 e. The van der Waals surface area contributed by atoms with Crippen molar-refractivity contribution in [3.63, 3.8) is 0 Å². The number of nitriles is 1. The van der Waals surface area contributed by atoms with E-state index in [-0.39, 0.29) is 15.7 Å². The molecule has 0 unspecified atom stereocenters. The summed E-state index contributed by atoms with van der Waals surface area (Å²) in [4.78, 5) is 28.1. The highest BCUT2D eigenvalue weighted by atomic mass is 35.5. The number of fused-ring (bicyclic) bond motifs is 1. The summed E-state index contributed by atoms with van der Waals surface area (Å²) < 4.78 is 41.8. The molecule has 0 aromatic heterocycles. The smallest absolute Gasteiger partial charge is 0.406 e. The molecule has 0 N–H and O–H groups in total. The molecule has 1 heterocycles. The number of amides is 2. The molecular formula is C25H13Cl2F3N2O3. The van der Waals surface area contributed by atoms with E-state index < -0.39 is 41.2 Å². The van der Waals surface area contributed by atoms with Gasteiger partial charge in [-0.25, -0.2) is 4.90 Å². The van der Waals surface area contributed by atoms with Crippen molar-refractivity contribution < 1.29 is 27.5 Å². The Morgan fingerprint density at radius 2 is 1.34 bits per heavy atom. The van der Waals surface area contributed by atoms with Gasteiger partial charge in [-0.2, -0.15) is 5.26 Å². The van der Waals surface area contributed by atoms with Gasteiger partial charge in [0.15, 0.2) is 0 Å². The number of anilines is 1. The average molecular weight is 517 g/mol. The Morgan fingerprint density at radius 3 is 1.80 bits per heavy atom. The van der Waals surface area contributed by atoms with E-state index in [0.29, 0.717) is 16.7 Å². The molecule has 3 aromatic carbocycles. The number of alkyl halides is 3. The topological polar surface area (TPSA) is 70.4 Å². The number of carbonyl (C=O) groups excluding carboxylic acids is 2. The second kappa shape index (κ2) is 8.01. The summed E-state index contributed by atoms with van der Waals surface area (Å²) in [5.74, 6) is -2.96. The Balaban J connectivity index is 1.58. The summed E-state index contributed by atoms with van der Waals surface area (Å²) in [6.07, 6.45) is -4.85. The van der Waals surface area contributed by atoms with Crippen LogP contribution in [0.4, 0.5) is 18.9 Å². The van der Waals surface area contributed by atoms with Crippen LogP contribution in [0.1, 0.15) is 16.7 Å². The molecule has 2 fully saturated rings. The normalized spacial score (nSPS) is 23.1. The van der Waals surface area contributed by atoms with Gasteiger partial charge in [-0.1, -0.05) is 47.5 Å². The van der Waals surface area contributed by atoms with Crippen LogP contribution in [0.2, 0.25) is 10.0 Å². The summed E-state index contributed by atoms with van der Waals surface area (Å²) in [5.41, 5.74) is 0.611. The standard InChI is InChI=1S/C25H13Cl2F3N2O3/c26-16-9-17(27)11-18(10-16)32-22(33)20-21(23(32)34)24(20,14-3-1-13(12-31)2-4-14)15-5-7-19(8-6-15)35-25(28,29)30/h1-11,20-21H/t20-,21+,24-. The zero-order valence-electron chi connectivity index (χ0n) is 17.5. The second-order valence-electron chi connectivity index (χ2n) is 8.23. The lowest BCUT2D eigenvalue weighted by Crippen LogP contribution is -2.39. The molecule has 0 spiro atoms. The van der Waals surface area contributed by atoms with E-state index in [1.807, 2.05) is 6.07 Å². The van der Waals surface area contributed by atoms with Crippen LogP contribution in [0.25, 0.3) is 0 Å². The molecule has 5 nitrogen and oxygen atoms in total. The van der Waals surface area contributed by atoms with Crippen molar-refractivity contribution in [1.82, 2.24) is 0 Å². The molecule has 3 aromatic rings. The number of nitrogens with zero attached hydrogens (tertiary/aromatic N) is 2. The number of carbonyl (C=O) groups is 2. The largest absolute Gasteiger partial charge is 0.573 e. The van der Waals surface area contributed by atoms with Crippen molar-refractivity contribution in [2.75, 3.05) is 4.90 Å². The van der Waals surface area contributed by atoms with Gasteiger partial charge in [0.1, 0.15) is 5.75 Å². The summed E-state index contributed by atoms with van der Waals surface area (Å²) in [5, 5.41) is 9.66. The van der Waals surface area contributed by atoms with Gasteiger partial charge in [-0.05, 0) is 53.6 Å². The van der Waals surface area contributed by atoms with Gasteiger partial charge in [-0.3, -0.25) is 9.59 Å². The van der Waals surface area contributed by atoms with E-state index >= 15 is 0 Å². The van der Waals surface area contributed by atoms with Crippen molar-refractivity contribution in [1.29, 1.82) is 5.26 Å². The van der Waals surface area contributed by atoms with E-state index in [1.165, 1.54) is 30.3 Å². The quantitative estimate of drug-likeness (QED) is 0.406. The number of piperidine rings is 1. The van der Waals surface area contributed by atoms with Gasteiger partial charge < -0.3 is 4.74 Å². The molecule has 1 saturated carbocycles. The number of imide groups is 1. The minimum absolute atomic E-state index is 0.243. The lowest BCUT2D eigenvalue weighted by molar-refractivity contribution is -0.274. The van der Waals surface area contributed by atoms with Crippen LogP contribution in [0.3, 0.4) is 0 Å². The second-order valence-corrected chi connectivity index (χ2v) is 9.10. The first kappa shape index (κ1) is 23.2. The maximum absolute atomic E-state index is 13.5. The Bertz CT molecular complexity index is 1360. The van der Waals surface area contributed by atoms with Gasteiger partial charge in [0.25, 0.3) is 0 Å². The zero-order chi connectivity index (χ0) is 25.1. The fourth-order valence-corrected chi connectivity index (χ4v) is 5.52. The zero-order valence-corrected chi connectivity index (χ0v) is 19.0. The molecule has 35 heavy (non-hydrogen) atoms. The highest BCUT2D eigenvalue weighted by Crippen LogP contribution is 2.68. The lowest BCUT2D eigenvalue weighted by Gasteiger charge is -2.27. The third-order valence-electron chi connectivity index (χ3n) is 6.34. The minimum Gasteiger partial charge on any atom is -0.406 e.